The van der Waals surface area contributed by atoms with E-state index in [-0.39, 0.29) is 11.8 Å². The van der Waals surface area contributed by atoms with Gasteiger partial charge < -0.3 is 25.2 Å². The van der Waals surface area contributed by atoms with Gasteiger partial charge in [0, 0.05) is 24.3 Å². The van der Waals surface area contributed by atoms with Gasteiger partial charge in [-0.05, 0) is 72.9 Å². The monoisotopic (exact) mass is 601 g/mol. The third-order valence-electron chi connectivity index (χ3n) is 6.83. The van der Waals surface area contributed by atoms with Crippen molar-refractivity contribution < 1.29 is 24.2 Å². The number of hydrogen-bond donors (Lipinski definition) is 3. The number of nitrogens with zero attached hydrogens (tertiary/aromatic N) is 3. The van der Waals surface area contributed by atoms with Crippen molar-refractivity contribution in [3.63, 3.8) is 0 Å². The molecule has 0 saturated heterocycles. The molecule has 42 heavy (non-hydrogen) atoms. The van der Waals surface area contributed by atoms with Gasteiger partial charge in [0.25, 0.3) is 5.91 Å². The third-order valence-corrected chi connectivity index (χ3v) is 8.94. The summed E-state index contributed by atoms with van der Waals surface area (Å²) >= 11 is 2.83. The van der Waals surface area contributed by atoms with Crippen molar-refractivity contribution in [2.45, 2.75) is 25.8 Å². The minimum Gasteiger partial charge on any atom is -0.494 e. The van der Waals surface area contributed by atoms with Crippen molar-refractivity contribution in [3.05, 3.63) is 88.3 Å². The summed E-state index contributed by atoms with van der Waals surface area (Å²) in [5.74, 6) is 0.581. The first-order chi connectivity index (χ1) is 20.4. The van der Waals surface area contributed by atoms with Gasteiger partial charge >= 0.3 is 6.16 Å². The number of nitrogens with two attached hydrogens (primary N) is 1. The predicted molar refractivity (Wildman–Crippen MR) is 164 cm³/mol. The van der Waals surface area contributed by atoms with Crippen molar-refractivity contribution in [1.82, 2.24) is 9.97 Å². The predicted octanol–water partition coefficient (Wildman–Crippen LogP) is 6.22. The number of ether oxygens (including phenoxy) is 2. The fourth-order valence-electron chi connectivity index (χ4n) is 4.82. The molecule has 0 aliphatic carbocycles. The van der Waals surface area contributed by atoms with Crippen LogP contribution in [0.5, 0.6) is 11.6 Å². The number of aryl methyl sites for hydroxylation is 1. The highest BCUT2D eigenvalue weighted by atomic mass is 32.1. The molecular weight excluding hydrogens is 574 g/mol. The van der Waals surface area contributed by atoms with Gasteiger partial charge in [-0.15, -0.1) is 0 Å². The van der Waals surface area contributed by atoms with E-state index < -0.39 is 6.16 Å². The van der Waals surface area contributed by atoms with Crippen molar-refractivity contribution in [3.8, 4) is 11.6 Å². The van der Waals surface area contributed by atoms with Gasteiger partial charge in [-0.2, -0.15) is 4.98 Å². The summed E-state index contributed by atoms with van der Waals surface area (Å²) in [6.45, 7) is 1.57. The maximum Gasteiger partial charge on any atom is 0.512 e. The summed E-state index contributed by atoms with van der Waals surface area (Å²) in [5.41, 5.74) is 9.82. The summed E-state index contributed by atoms with van der Waals surface area (Å²) < 4.78 is 11.8. The SMILES string of the molecule is Nc1ccc(OCCCc2sc(N3CCc4cccc(C(=O)Nc5nc6ccccc6s5)c4C3)nc2OC(=O)O)cc1. The molecule has 6 rings (SSSR count). The normalized spacial score (nSPS) is 12.6. The molecule has 214 valence electrons. The number of carboxylic acid groups (broad SMARTS) is 1. The van der Waals surface area contributed by atoms with E-state index >= 15 is 0 Å². The number of para-hydroxylation sites is 1. The second-order valence-electron chi connectivity index (χ2n) is 9.67. The molecule has 0 bridgehead atoms. The molecule has 0 radical (unpaired) electrons. The Morgan fingerprint density at radius 1 is 1.02 bits per heavy atom. The number of rotatable bonds is 9. The molecular formula is C30H27N5O5S2. The van der Waals surface area contributed by atoms with Gasteiger partial charge in [0.1, 0.15) is 5.75 Å². The smallest absolute Gasteiger partial charge is 0.494 e. The largest absolute Gasteiger partial charge is 0.512 e. The van der Waals surface area contributed by atoms with Crippen LogP contribution in [0, 0.1) is 0 Å². The second kappa shape index (κ2) is 12.0. The molecule has 5 aromatic rings. The van der Waals surface area contributed by atoms with Crippen LogP contribution in [0.15, 0.2) is 66.7 Å². The van der Waals surface area contributed by atoms with Crippen LogP contribution >= 0.6 is 22.7 Å². The van der Waals surface area contributed by atoms with E-state index in [1.54, 1.807) is 24.3 Å². The van der Waals surface area contributed by atoms with Gasteiger partial charge in [0.2, 0.25) is 5.88 Å². The average Bonchev–Trinajstić information content (AvgIpc) is 3.58. The lowest BCUT2D eigenvalue weighted by Crippen LogP contribution is -2.32. The molecule has 0 fully saturated rings. The van der Waals surface area contributed by atoms with Crippen LogP contribution in [0.3, 0.4) is 0 Å². The van der Waals surface area contributed by atoms with E-state index in [0.717, 1.165) is 32.6 Å². The van der Waals surface area contributed by atoms with Gasteiger partial charge in [-0.1, -0.05) is 46.9 Å². The molecule has 0 atom stereocenters. The first kappa shape index (κ1) is 27.5. The Labute approximate surface area is 249 Å². The molecule has 2 aromatic heterocycles. The lowest BCUT2D eigenvalue weighted by molar-refractivity contribution is 0.102. The Bertz CT molecular complexity index is 1720. The summed E-state index contributed by atoms with van der Waals surface area (Å²) in [7, 11) is 0. The first-order valence-electron chi connectivity index (χ1n) is 13.3. The standard InChI is InChI=1S/C30H27N5O5S2/c31-19-10-12-20(13-11-19)39-16-4-9-25-27(40-30(37)38)34-29(42-25)35-15-14-18-5-3-6-21(22(18)17-35)26(36)33-28-32-23-7-1-2-8-24(23)41-28/h1-3,5-8,10-13H,4,9,14-17,31H2,(H,37,38)(H,32,33,36). The number of benzene rings is 3. The van der Waals surface area contributed by atoms with Crippen LogP contribution in [0.1, 0.15) is 32.8 Å². The van der Waals surface area contributed by atoms with Crippen molar-refractivity contribution in [1.29, 1.82) is 0 Å². The zero-order chi connectivity index (χ0) is 29.1. The van der Waals surface area contributed by atoms with Crippen molar-refractivity contribution >= 4 is 60.9 Å². The maximum absolute atomic E-state index is 13.4. The Hall–Kier alpha value is -4.68. The number of aromatic nitrogens is 2. The molecule has 3 aromatic carbocycles. The highest BCUT2D eigenvalue weighted by molar-refractivity contribution is 7.22. The fraction of sp³-hybridized carbons (Fsp3) is 0.200. The van der Waals surface area contributed by atoms with E-state index in [4.69, 9.17) is 15.2 Å². The summed E-state index contributed by atoms with van der Waals surface area (Å²) in [6, 6.07) is 20.7. The Morgan fingerprint density at radius 3 is 2.67 bits per heavy atom. The van der Waals surface area contributed by atoms with E-state index in [1.165, 1.54) is 22.7 Å². The number of amides is 1. The quantitative estimate of drug-likeness (QED) is 0.102. The number of nitrogens with one attached hydrogen (secondary N) is 1. The number of nitrogen functional groups attached to an aromatic ring is 1. The van der Waals surface area contributed by atoms with Crippen LogP contribution in [-0.2, 0) is 19.4 Å². The number of carbonyl (C=O) groups excluding carboxylic acids is 1. The number of thiazole rings is 2. The van der Waals surface area contributed by atoms with E-state index in [0.29, 0.717) is 59.8 Å². The highest BCUT2D eigenvalue weighted by Crippen LogP contribution is 2.36. The molecule has 0 saturated carbocycles. The Balaban J connectivity index is 1.16. The van der Waals surface area contributed by atoms with Gasteiger partial charge in [0.15, 0.2) is 10.3 Å². The van der Waals surface area contributed by atoms with Gasteiger partial charge in [0.05, 0.1) is 21.7 Å². The van der Waals surface area contributed by atoms with Crippen LogP contribution in [0.2, 0.25) is 0 Å². The minimum absolute atomic E-state index is 0.0858. The summed E-state index contributed by atoms with van der Waals surface area (Å²) in [6.07, 6.45) is 0.483. The topological polar surface area (TPSA) is 140 Å². The van der Waals surface area contributed by atoms with Crippen LogP contribution in [-0.4, -0.2) is 40.3 Å². The number of fused-ring (bicyclic) bond motifs is 2. The molecule has 1 aliphatic rings. The minimum atomic E-state index is -1.41. The van der Waals surface area contributed by atoms with Gasteiger partial charge in [-0.3, -0.25) is 10.1 Å². The molecule has 4 N–H and O–H groups in total. The van der Waals surface area contributed by atoms with Crippen molar-refractivity contribution in [2.24, 2.45) is 0 Å². The number of carbonyl (C=O) groups is 2. The average molecular weight is 602 g/mol. The molecule has 1 aliphatic heterocycles. The molecule has 12 heteroatoms. The Kier molecular flexibility index (Phi) is 7.89. The van der Waals surface area contributed by atoms with Gasteiger partial charge in [-0.25, -0.2) is 9.78 Å². The van der Waals surface area contributed by atoms with Crippen molar-refractivity contribution in [2.75, 3.05) is 29.1 Å². The first-order valence-corrected chi connectivity index (χ1v) is 15.0. The summed E-state index contributed by atoms with van der Waals surface area (Å²) in [4.78, 5) is 36.6. The molecule has 3 heterocycles. The van der Waals surface area contributed by atoms with E-state index in [2.05, 4.69) is 20.2 Å². The highest BCUT2D eigenvalue weighted by Gasteiger charge is 2.26. The van der Waals surface area contributed by atoms with E-state index in [1.807, 2.05) is 42.5 Å². The van der Waals surface area contributed by atoms with Crippen LogP contribution in [0.4, 0.5) is 20.7 Å². The third kappa shape index (κ3) is 6.14. The fourth-order valence-corrected chi connectivity index (χ4v) is 6.73. The molecule has 1 amide bonds. The molecule has 0 unspecified atom stereocenters. The zero-order valence-electron chi connectivity index (χ0n) is 22.4. The lowest BCUT2D eigenvalue weighted by Gasteiger charge is -2.29. The zero-order valence-corrected chi connectivity index (χ0v) is 24.0. The van der Waals surface area contributed by atoms with Crippen LogP contribution in [0.25, 0.3) is 10.2 Å². The molecule has 0 spiro atoms. The lowest BCUT2D eigenvalue weighted by atomic mass is 9.94. The van der Waals surface area contributed by atoms with E-state index in [9.17, 15) is 14.7 Å². The maximum atomic E-state index is 13.4. The second-order valence-corrected chi connectivity index (χ2v) is 11.8. The summed E-state index contributed by atoms with van der Waals surface area (Å²) in [5, 5.41) is 13.5. The van der Waals surface area contributed by atoms with Crippen LogP contribution < -0.4 is 25.4 Å². The Morgan fingerprint density at radius 2 is 1.86 bits per heavy atom. The molecule has 10 nitrogen and oxygen atoms in total. The number of hydrogen-bond acceptors (Lipinski definition) is 10. The number of anilines is 3.